The van der Waals surface area contributed by atoms with Gasteiger partial charge in [0, 0.05) is 6.42 Å². The predicted octanol–water partition coefficient (Wildman–Crippen LogP) is 1.95. The number of hydrogen-bond acceptors (Lipinski definition) is 5. The Bertz CT molecular complexity index is 560. The van der Waals surface area contributed by atoms with Crippen molar-refractivity contribution in [2.24, 2.45) is 5.41 Å². The summed E-state index contributed by atoms with van der Waals surface area (Å²) < 4.78 is 9.57. The molecule has 5 heteroatoms. The Labute approximate surface area is 129 Å². The van der Waals surface area contributed by atoms with Gasteiger partial charge < -0.3 is 14.6 Å². The number of hydrogen-bond donors (Lipinski definition) is 1. The van der Waals surface area contributed by atoms with Crippen LogP contribution in [-0.2, 0) is 19.1 Å². The summed E-state index contributed by atoms with van der Waals surface area (Å²) in [6.07, 6.45) is 1.73. The predicted molar refractivity (Wildman–Crippen MR) is 80.7 cm³/mol. The van der Waals surface area contributed by atoms with E-state index in [1.807, 2.05) is 36.4 Å². The van der Waals surface area contributed by atoms with Crippen LogP contribution in [0, 0.1) is 5.41 Å². The highest BCUT2D eigenvalue weighted by Crippen LogP contribution is 2.42. The van der Waals surface area contributed by atoms with E-state index < -0.39 is 23.5 Å². The van der Waals surface area contributed by atoms with Crippen LogP contribution in [0.4, 0.5) is 0 Å². The molecule has 1 aromatic rings. The Morgan fingerprint density at radius 1 is 1.18 bits per heavy atom. The summed E-state index contributed by atoms with van der Waals surface area (Å²) in [5.41, 5.74) is 0.304. The van der Waals surface area contributed by atoms with E-state index in [2.05, 4.69) is 0 Å². The first-order valence-electron chi connectivity index (χ1n) is 7.11. The summed E-state index contributed by atoms with van der Waals surface area (Å²) in [7, 11) is 2.46. The summed E-state index contributed by atoms with van der Waals surface area (Å²) >= 11 is 0. The molecule has 1 saturated carbocycles. The van der Waals surface area contributed by atoms with E-state index in [9.17, 15) is 14.7 Å². The van der Waals surface area contributed by atoms with E-state index in [0.29, 0.717) is 6.42 Å². The second-order valence-corrected chi connectivity index (χ2v) is 5.52. The fourth-order valence-corrected chi connectivity index (χ4v) is 2.99. The molecule has 1 aliphatic rings. The van der Waals surface area contributed by atoms with Gasteiger partial charge in [-0.25, -0.2) is 0 Å². The Morgan fingerprint density at radius 2 is 1.77 bits per heavy atom. The van der Waals surface area contributed by atoms with Gasteiger partial charge in [-0.1, -0.05) is 42.0 Å². The van der Waals surface area contributed by atoms with Crippen LogP contribution >= 0.6 is 0 Å². The Hall–Kier alpha value is -2.14. The fraction of sp³-hybridized carbons (Fsp3) is 0.412. The van der Waals surface area contributed by atoms with Crippen LogP contribution in [0.3, 0.4) is 0 Å². The molecule has 1 aromatic carbocycles. The molecule has 118 valence electrons. The van der Waals surface area contributed by atoms with Crippen molar-refractivity contribution in [3.8, 4) is 0 Å². The van der Waals surface area contributed by atoms with E-state index in [4.69, 9.17) is 9.47 Å². The second-order valence-electron chi connectivity index (χ2n) is 5.52. The Balaban J connectivity index is 2.38. The van der Waals surface area contributed by atoms with Crippen molar-refractivity contribution in [2.75, 3.05) is 14.2 Å². The topological polar surface area (TPSA) is 72.8 Å². The number of carbonyl (C=O) groups is 2. The molecule has 0 aliphatic heterocycles. The lowest BCUT2D eigenvalue weighted by molar-refractivity contribution is -0.173. The van der Waals surface area contributed by atoms with Crippen molar-refractivity contribution >= 4 is 18.0 Å². The summed E-state index contributed by atoms with van der Waals surface area (Å²) in [5.74, 6) is -1.34. The van der Waals surface area contributed by atoms with Crippen LogP contribution in [0.5, 0.6) is 0 Å². The number of carbonyl (C=O) groups excluding carboxylic acids is 2. The van der Waals surface area contributed by atoms with Gasteiger partial charge in [-0.2, -0.15) is 0 Å². The molecule has 0 radical (unpaired) electrons. The van der Waals surface area contributed by atoms with Crippen molar-refractivity contribution in [2.45, 2.75) is 25.4 Å². The third-order valence-corrected chi connectivity index (χ3v) is 3.93. The number of methoxy groups -OCH3 is 2. The van der Waals surface area contributed by atoms with Gasteiger partial charge in [-0.3, -0.25) is 9.59 Å². The summed E-state index contributed by atoms with van der Waals surface area (Å²) in [6, 6.07) is 9.56. The molecule has 1 fully saturated rings. The summed E-state index contributed by atoms with van der Waals surface area (Å²) in [5, 5.41) is 10.1. The quantitative estimate of drug-likeness (QED) is 0.682. The highest BCUT2D eigenvalue weighted by atomic mass is 16.5. The largest absolute Gasteiger partial charge is 0.468 e. The number of benzene rings is 1. The molecule has 1 aliphatic carbocycles. The minimum Gasteiger partial charge on any atom is -0.468 e. The standard InChI is InChI=1S/C17H20O5/c1-21-15(19)17(16(20)22-2)10-13(9-14(18)11-17)8-12-6-4-3-5-7-12/h3-8,14,18H,9-11H2,1-2H3/b13-8-/t14-/m1/s1. The summed E-state index contributed by atoms with van der Waals surface area (Å²) in [4.78, 5) is 24.3. The third-order valence-electron chi connectivity index (χ3n) is 3.93. The minimum atomic E-state index is -1.47. The van der Waals surface area contributed by atoms with Crippen molar-refractivity contribution in [1.82, 2.24) is 0 Å². The van der Waals surface area contributed by atoms with Crippen LogP contribution in [0.25, 0.3) is 6.08 Å². The molecule has 1 N–H and O–H groups in total. The van der Waals surface area contributed by atoms with Gasteiger partial charge in [-0.05, 0) is 18.4 Å². The first kappa shape index (κ1) is 16.2. The van der Waals surface area contributed by atoms with Crippen LogP contribution in [-0.4, -0.2) is 37.4 Å². The van der Waals surface area contributed by atoms with Gasteiger partial charge in [0.2, 0.25) is 0 Å². The zero-order valence-corrected chi connectivity index (χ0v) is 12.7. The van der Waals surface area contributed by atoms with Crippen LogP contribution in [0.1, 0.15) is 24.8 Å². The van der Waals surface area contributed by atoms with Crippen molar-refractivity contribution in [3.63, 3.8) is 0 Å². The molecule has 0 bridgehead atoms. The molecule has 0 amide bonds. The zero-order valence-electron chi connectivity index (χ0n) is 12.7. The van der Waals surface area contributed by atoms with Gasteiger partial charge in [0.15, 0.2) is 5.41 Å². The van der Waals surface area contributed by atoms with Gasteiger partial charge in [0.25, 0.3) is 0 Å². The Morgan fingerprint density at radius 3 is 2.32 bits per heavy atom. The van der Waals surface area contributed by atoms with Gasteiger partial charge in [0.1, 0.15) is 0 Å². The van der Waals surface area contributed by atoms with Crippen molar-refractivity contribution in [3.05, 3.63) is 41.5 Å². The van der Waals surface area contributed by atoms with Crippen LogP contribution in [0.2, 0.25) is 0 Å². The van der Waals surface area contributed by atoms with E-state index in [-0.39, 0.29) is 12.8 Å². The van der Waals surface area contributed by atoms with E-state index >= 15 is 0 Å². The van der Waals surface area contributed by atoms with E-state index in [1.165, 1.54) is 14.2 Å². The average Bonchev–Trinajstić information content (AvgIpc) is 2.53. The second kappa shape index (κ2) is 6.75. The summed E-state index contributed by atoms with van der Waals surface area (Å²) in [6.45, 7) is 0. The molecule has 0 unspecified atom stereocenters. The number of aliphatic hydroxyl groups is 1. The van der Waals surface area contributed by atoms with Crippen LogP contribution in [0.15, 0.2) is 35.9 Å². The average molecular weight is 304 g/mol. The molecule has 2 rings (SSSR count). The smallest absolute Gasteiger partial charge is 0.323 e. The van der Waals surface area contributed by atoms with Gasteiger partial charge in [0.05, 0.1) is 20.3 Å². The number of esters is 2. The lowest BCUT2D eigenvalue weighted by Gasteiger charge is -2.35. The maximum atomic E-state index is 12.2. The fourth-order valence-electron chi connectivity index (χ4n) is 2.99. The molecule has 5 nitrogen and oxygen atoms in total. The molecular formula is C17H20O5. The first-order valence-corrected chi connectivity index (χ1v) is 7.11. The molecule has 22 heavy (non-hydrogen) atoms. The van der Waals surface area contributed by atoms with Crippen molar-refractivity contribution in [1.29, 1.82) is 0 Å². The van der Waals surface area contributed by atoms with E-state index in [0.717, 1.165) is 11.1 Å². The zero-order chi connectivity index (χ0) is 16.2. The lowest BCUT2D eigenvalue weighted by Crippen LogP contribution is -2.46. The normalized spacial score (nSPS) is 22.1. The van der Waals surface area contributed by atoms with E-state index in [1.54, 1.807) is 0 Å². The highest BCUT2D eigenvalue weighted by Gasteiger charge is 2.52. The Kier molecular flexibility index (Phi) is 4.98. The number of ether oxygens (including phenoxy) is 2. The highest BCUT2D eigenvalue weighted by molar-refractivity contribution is 6.00. The monoisotopic (exact) mass is 304 g/mol. The molecule has 0 aromatic heterocycles. The maximum Gasteiger partial charge on any atom is 0.323 e. The van der Waals surface area contributed by atoms with Gasteiger partial charge in [-0.15, -0.1) is 0 Å². The molecule has 0 saturated heterocycles. The van der Waals surface area contributed by atoms with Gasteiger partial charge >= 0.3 is 11.9 Å². The minimum absolute atomic E-state index is 0.0124. The van der Waals surface area contributed by atoms with Crippen LogP contribution < -0.4 is 0 Å². The molecule has 1 atom stereocenters. The van der Waals surface area contributed by atoms with Crippen molar-refractivity contribution < 1.29 is 24.2 Å². The third kappa shape index (κ3) is 3.20. The molecule has 0 spiro atoms. The molecule has 0 heterocycles. The first-order chi connectivity index (χ1) is 10.5. The number of aliphatic hydroxyl groups excluding tert-OH is 1. The molecular weight excluding hydrogens is 284 g/mol. The SMILES string of the molecule is COC(=O)C1(C(=O)OC)C/C(=C\c2ccccc2)C[C@@H](O)C1. The number of rotatable bonds is 3. The lowest BCUT2D eigenvalue weighted by atomic mass is 9.70. The maximum absolute atomic E-state index is 12.2.